The van der Waals surface area contributed by atoms with Crippen molar-refractivity contribution in [2.45, 2.75) is 0 Å². The molecular weight excluding hydrogens is 1090 g/mol. The summed E-state index contributed by atoms with van der Waals surface area (Å²) in [5.74, 6) is 6.48. The minimum atomic E-state index is -0.264. The van der Waals surface area contributed by atoms with E-state index in [0.717, 1.165) is 179 Å². The van der Waals surface area contributed by atoms with Gasteiger partial charge < -0.3 is 18.9 Å². The predicted octanol–water partition coefficient (Wildman–Crippen LogP) is 18.1. The van der Waals surface area contributed by atoms with Crippen LogP contribution in [0.4, 0.5) is 0 Å². The van der Waals surface area contributed by atoms with Crippen molar-refractivity contribution in [3.63, 3.8) is 0 Å². The molecule has 418 valence electrons. The number of fused-ring (bicyclic) bond motifs is 8. The van der Waals surface area contributed by atoms with Gasteiger partial charge in [0, 0.05) is 33.2 Å². The van der Waals surface area contributed by atoms with Crippen LogP contribution >= 0.6 is 0 Å². The van der Waals surface area contributed by atoms with Crippen LogP contribution < -0.4 is 51.7 Å². The standard InChI is InChI=1S/C84H52B2O4/c1-5-24-53(25-6-1)57-32-23-33-59(46-57)67-51-68(82-79-81(67)87-75-41-20-17-38-71(75)85(79)72-39-18-21-42-76(72)88-82)62-48-60(54-26-7-2-8-27-54)47-61(49-62)58-44-45-78-74(50-58)86-73-40-19-22-43-77(73)89-83-69(65-36-15-13-34-63(65)55-28-9-3-10-29-55)52-70(84(90-78)80(83)86)66-37-16-14-35-64(66)56-30-11-4-12-31-56/h1-52H. The van der Waals surface area contributed by atoms with Crippen molar-refractivity contribution >= 4 is 46.2 Å². The summed E-state index contributed by atoms with van der Waals surface area (Å²) in [7, 11) is 0. The molecule has 4 aliphatic heterocycles. The minimum Gasteiger partial charge on any atom is -0.458 e. The Morgan fingerprint density at radius 1 is 0.167 bits per heavy atom. The SMILES string of the molecule is c1ccc(-c2cccc(-c3cc(-c4cc(-c5ccccc5)cc(-c5ccc6c(c5)B5c7ccccc7Oc7c(-c8ccccc8-c8ccccc8)cc(-c8ccccc8-c8ccccc8)c(c75)O6)c4)c4c5c3Oc3ccccc3B5c3ccccc3O4)c2)cc1. The van der Waals surface area contributed by atoms with Gasteiger partial charge in [-0.3, -0.25) is 0 Å². The average molecular weight is 1150 g/mol. The number of ether oxygens (including phenoxy) is 4. The molecule has 0 unspecified atom stereocenters. The largest absolute Gasteiger partial charge is 0.458 e. The van der Waals surface area contributed by atoms with E-state index in [1.807, 2.05) is 0 Å². The molecule has 6 heteroatoms. The second-order valence-electron chi connectivity index (χ2n) is 23.7. The molecule has 18 rings (SSSR count). The number of hydrogen-bond acceptors (Lipinski definition) is 4. The highest BCUT2D eigenvalue weighted by Crippen LogP contribution is 2.52. The first kappa shape index (κ1) is 51.6. The fourth-order valence-corrected chi connectivity index (χ4v) is 14.4. The highest BCUT2D eigenvalue weighted by Gasteiger charge is 2.45. The Morgan fingerprint density at radius 2 is 0.489 bits per heavy atom. The summed E-state index contributed by atoms with van der Waals surface area (Å²) in [6, 6.07) is 113. The van der Waals surface area contributed by atoms with E-state index >= 15 is 0 Å². The van der Waals surface area contributed by atoms with Crippen LogP contribution in [0, 0.1) is 0 Å². The second kappa shape index (κ2) is 21.1. The van der Waals surface area contributed by atoms with Crippen molar-refractivity contribution in [2.75, 3.05) is 0 Å². The first-order chi connectivity index (χ1) is 44.6. The van der Waals surface area contributed by atoms with Crippen molar-refractivity contribution in [3.05, 3.63) is 315 Å². The van der Waals surface area contributed by atoms with E-state index in [1.54, 1.807) is 0 Å². The molecule has 90 heavy (non-hydrogen) atoms. The maximum atomic E-state index is 7.54. The molecule has 0 aliphatic carbocycles. The number of benzene rings is 14. The molecule has 0 radical (unpaired) electrons. The zero-order valence-electron chi connectivity index (χ0n) is 48.8. The van der Waals surface area contributed by atoms with Gasteiger partial charge in [-0.25, -0.2) is 0 Å². The zero-order valence-corrected chi connectivity index (χ0v) is 48.8. The summed E-state index contributed by atoms with van der Waals surface area (Å²) < 4.78 is 29.4. The third-order valence-corrected chi connectivity index (χ3v) is 18.5. The summed E-state index contributed by atoms with van der Waals surface area (Å²) in [4.78, 5) is 0. The average Bonchev–Trinajstić information content (AvgIpc) is 0.720. The molecule has 0 spiro atoms. The van der Waals surface area contributed by atoms with E-state index in [9.17, 15) is 0 Å². The summed E-state index contributed by atoms with van der Waals surface area (Å²) in [6.45, 7) is -0.410. The third-order valence-electron chi connectivity index (χ3n) is 18.5. The number of para-hydroxylation sites is 3. The van der Waals surface area contributed by atoms with Gasteiger partial charge in [0.25, 0.3) is 13.4 Å². The van der Waals surface area contributed by atoms with Gasteiger partial charge in [-0.2, -0.15) is 0 Å². The van der Waals surface area contributed by atoms with Crippen LogP contribution in [0.3, 0.4) is 0 Å². The second-order valence-corrected chi connectivity index (χ2v) is 23.7. The molecule has 14 aromatic carbocycles. The van der Waals surface area contributed by atoms with Gasteiger partial charge in [-0.1, -0.05) is 255 Å². The lowest BCUT2D eigenvalue weighted by molar-refractivity contribution is 0.466. The minimum absolute atomic E-state index is 0.145. The van der Waals surface area contributed by atoms with E-state index in [0.29, 0.717) is 0 Å². The fourth-order valence-electron chi connectivity index (χ4n) is 14.4. The Balaban J connectivity index is 0.868. The molecule has 0 bridgehead atoms. The summed E-state index contributed by atoms with van der Waals surface area (Å²) in [5.41, 5.74) is 25.6. The lowest BCUT2D eigenvalue weighted by Gasteiger charge is -2.36. The monoisotopic (exact) mass is 1150 g/mol. The van der Waals surface area contributed by atoms with Gasteiger partial charge in [-0.05, 0) is 160 Å². The molecule has 4 aliphatic rings. The Hall–Kier alpha value is -11.6. The maximum Gasteiger partial charge on any atom is 0.260 e. The van der Waals surface area contributed by atoms with Crippen molar-refractivity contribution in [3.8, 4) is 146 Å². The topological polar surface area (TPSA) is 36.9 Å². The molecule has 0 amide bonds. The van der Waals surface area contributed by atoms with Crippen molar-refractivity contribution < 1.29 is 18.9 Å². The van der Waals surface area contributed by atoms with Crippen LogP contribution in [0.5, 0.6) is 46.0 Å². The van der Waals surface area contributed by atoms with Gasteiger partial charge in [-0.15, -0.1) is 0 Å². The Morgan fingerprint density at radius 3 is 1.00 bits per heavy atom. The van der Waals surface area contributed by atoms with E-state index in [4.69, 9.17) is 18.9 Å². The first-order valence-corrected chi connectivity index (χ1v) is 30.8. The zero-order chi connectivity index (χ0) is 59.2. The van der Waals surface area contributed by atoms with E-state index in [-0.39, 0.29) is 13.4 Å². The lowest BCUT2D eigenvalue weighted by atomic mass is 9.34. The first-order valence-electron chi connectivity index (χ1n) is 30.8. The van der Waals surface area contributed by atoms with Gasteiger partial charge >= 0.3 is 0 Å². The lowest BCUT2D eigenvalue weighted by Crippen LogP contribution is -2.57. The Labute approximate surface area is 523 Å². The molecule has 0 saturated heterocycles. The van der Waals surface area contributed by atoms with Crippen LogP contribution in [0.2, 0.25) is 0 Å². The fraction of sp³-hybridized carbons (Fsp3) is 0. The third kappa shape index (κ3) is 8.48. The summed E-state index contributed by atoms with van der Waals surface area (Å²) in [5, 5.41) is 0. The van der Waals surface area contributed by atoms with Crippen molar-refractivity contribution in [1.29, 1.82) is 0 Å². The number of hydrogen-bond donors (Lipinski definition) is 0. The van der Waals surface area contributed by atoms with Gasteiger partial charge in [0.2, 0.25) is 0 Å². The molecule has 0 fully saturated rings. The van der Waals surface area contributed by atoms with Crippen molar-refractivity contribution in [1.82, 2.24) is 0 Å². The van der Waals surface area contributed by atoms with Crippen LogP contribution in [0.1, 0.15) is 0 Å². The molecule has 0 atom stereocenters. The van der Waals surface area contributed by atoms with Crippen LogP contribution in [0.15, 0.2) is 315 Å². The van der Waals surface area contributed by atoms with Crippen LogP contribution in [-0.4, -0.2) is 13.4 Å². The number of rotatable bonds is 9. The van der Waals surface area contributed by atoms with Crippen molar-refractivity contribution in [2.24, 2.45) is 0 Å². The van der Waals surface area contributed by atoms with Gasteiger partial charge in [0.15, 0.2) is 0 Å². The van der Waals surface area contributed by atoms with Gasteiger partial charge in [0.05, 0.1) is 0 Å². The smallest absolute Gasteiger partial charge is 0.260 e. The molecule has 4 heterocycles. The predicted molar refractivity (Wildman–Crippen MR) is 371 cm³/mol. The van der Waals surface area contributed by atoms with Crippen LogP contribution in [0.25, 0.3) is 100 Å². The quantitative estimate of drug-likeness (QED) is 0.135. The molecule has 4 nitrogen and oxygen atoms in total. The molecule has 0 saturated carbocycles. The highest BCUT2D eigenvalue weighted by atomic mass is 16.5. The van der Waals surface area contributed by atoms with Gasteiger partial charge in [0.1, 0.15) is 46.0 Å². The summed E-state index contributed by atoms with van der Waals surface area (Å²) in [6.07, 6.45) is 0. The Kier molecular flexibility index (Phi) is 12.1. The normalized spacial score (nSPS) is 12.5. The van der Waals surface area contributed by atoms with Crippen LogP contribution in [-0.2, 0) is 0 Å². The maximum absolute atomic E-state index is 7.54. The molecule has 0 aromatic heterocycles. The Bertz CT molecular complexity index is 5090. The van der Waals surface area contributed by atoms with E-state index in [1.165, 1.54) is 0 Å². The summed E-state index contributed by atoms with van der Waals surface area (Å²) >= 11 is 0. The molecule has 14 aromatic rings. The van der Waals surface area contributed by atoms with E-state index < -0.39 is 0 Å². The van der Waals surface area contributed by atoms with E-state index in [2.05, 4.69) is 315 Å². The highest BCUT2D eigenvalue weighted by molar-refractivity contribution is 6.99. The molecular formula is C84H52B2O4. The molecule has 0 N–H and O–H groups in total.